The van der Waals surface area contributed by atoms with Gasteiger partial charge in [0.1, 0.15) is 0 Å². The van der Waals surface area contributed by atoms with Crippen molar-refractivity contribution in [1.29, 1.82) is 0 Å². The minimum Gasteiger partial charge on any atom is -0.364 e. The summed E-state index contributed by atoms with van der Waals surface area (Å²) in [7, 11) is 0. The molecule has 0 saturated heterocycles. The van der Waals surface area contributed by atoms with Crippen LogP contribution in [0.25, 0.3) is 0 Å². The van der Waals surface area contributed by atoms with Crippen molar-refractivity contribution in [3.05, 3.63) is 0 Å². The molecule has 2 rings (SSSR count). The Morgan fingerprint density at radius 3 is 2.73 bits per heavy atom. The summed E-state index contributed by atoms with van der Waals surface area (Å²) >= 11 is 1.93. The molecule has 2 aliphatic rings. The molecule has 0 amide bonds. The van der Waals surface area contributed by atoms with Crippen LogP contribution in [0.5, 0.6) is 0 Å². The van der Waals surface area contributed by atoms with Gasteiger partial charge in [-0.3, -0.25) is 4.99 Å². The Morgan fingerprint density at radius 2 is 2.27 bits per heavy atom. The minimum atomic E-state index is 0.555. The van der Waals surface area contributed by atoms with Gasteiger partial charge in [-0.05, 0) is 24.2 Å². The second-order valence-electron chi connectivity index (χ2n) is 5.56. The van der Waals surface area contributed by atoms with Crippen LogP contribution in [-0.2, 0) is 0 Å². The zero-order valence-electron chi connectivity index (χ0n) is 10.0. The highest BCUT2D eigenvalue weighted by Crippen LogP contribution is 2.39. The lowest BCUT2D eigenvalue weighted by atomic mass is 9.70. The molecular weight excluding hydrogens is 204 g/mol. The molecule has 86 valence electrons. The van der Waals surface area contributed by atoms with E-state index in [-0.39, 0.29) is 0 Å². The predicted octanol–water partition coefficient (Wildman–Crippen LogP) is 2.89. The van der Waals surface area contributed by atoms with E-state index in [0.29, 0.717) is 10.7 Å². The fraction of sp³-hybridized carbons (Fsp3) is 0.917. The summed E-state index contributed by atoms with van der Waals surface area (Å²) in [5, 5.41) is 5.40. The summed E-state index contributed by atoms with van der Waals surface area (Å²) in [4.78, 5) is 4.57. The van der Waals surface area contributed by atoms with Crippen molar-refractivity contribution >= 4 is 16.9 Å². The first-order valence-corrected chi connectivity index (χ1v) is 6.92. The zero-order valence-corrected chi connectivity index (χ0v) is 10.9. The van der Waals surface area contributed by atoms with Crippen molar-refractivity contribution in [2.45, 2.75) is 45.3 Å². The van der Waals surface area contributed by atoms with E-state index >= 15 is 0 Å². The smallest absolute Gasteiger partial charge is 0.156 e. The van der Waals surface area contributed by atoms with Crippen LogP contribution < -0.4 is 5.32 Å². The molecule has 0 spiro atoms. The van der Waals surface area contributed by atoms with Gasteiger partial charge < -0.3 is 5.32 Å². The molecule has 0 aromatic rings. The summed E-state index contributed by atoms with van der Waals surface area (Å²) in [6.45, 7) is 9.06. The van der Waals surface area contributed by atoms with Crippen LogP contribution in [0.15, 0.2) is 4.99 Å². The van der Waals surface area contributed by atoms with E-state index in [4.69, 9.17) is 0 Å². The molecule has 0 radical (unpaired) electrons. The number of hydrogen-bond donors (Lipinski definition) is 1. The fourth-order valence-electron chi connectivity index (χ4n) is 2.08. The van der Waals surface area contributed by atoms with Crippen molar-refractivity contribution in [2.24, 2.45) is 16.3 Å². The Morgan fingerprint density at radius 1 is 1.53 bits per heavy atom. The fourth-order valence-corrected chi connectivity index (χ4v) is 3.09. The highest BCUT2D eigenvalue weighted by atomic mass is 32.2. The normalized spacial score (nSPS) is 28.8. The van der Waals surface area contributed by atoms with Gasteiger partial charge in [0, 0.05) is 11.8 Å². The van der Waals surface area contributed by atoms with E-state index in [2.05, 4.69) is 31.1 Å². The molecule has 1 N–H and O–H groups in total. The number of rotatable bonds is 3. The van der Waals surface area contributed by atoms with Crippen LogP contribution in [0, 0.1) is 11.3 Å². The van der Waals surface area contributed by atoms with Crippen molar-refractivity contribution in [3.63, 3.8) is 0 Å². The first kappa shape index (κ1) is 11.3. The van der Waals surface area contributed by atoms with Crippen molar-refractivity contribution < 1.29 is 0 Å². The number of nitrogens with zero attached hydrogens (tertiary/aromatic N) is 1. The molecule has 3 heteroatoms. The second kappa shape index (κ2) is 4.36. The largest absolute Gasteiger partial charge is 0.364 e. The Hall–Kier alpha value is -0.180. The SMILES string of the molecule is CC(C)C1CN=C(NCC2(C)CCC2)S1. The molecule has 0 aromatic carbocycles. The lowest BCUT2D eigenvalue weighted by Crippen LogP contribution is -2.38. The first-order chi connectivity index (χ1) is 7.09. The number of amidine groups is 1. The van der Waals surface area contributed by atoms with E-state index in [1.165, 1.54) is 24.4 Å². The van der Waals surface area contributed by atoms with Crippen molar-refractivity contribution in [1.82, 2.24) is 5.32 Å². The van der Waals surface area contributed by atoms with Crippen LogP contribution >= 0.6 is 11.8 Å². The Balaban J connectivity index is 1.73. The monoisotopic (exact) mass is 226 g/mol. The van der Waals surface area contributed by atoms with E-state index in [1.54, 1.807) is 0 Å². The van der Waals surface area contributed by atoms with Crippen molar-refractivity contribution in [2.75, 3.05) is 13.1 Å². The van der Waals surface area contributed by atoms with Gasteiger partial charge in [0.05, 0.1) is 6.54 Å². The van der Waals surface area contributed by atoms with Gasteiger partial charge in [0.25, 0.3) is 0 Å². The lowest BCUT2D eigenvalue weighted by molar-refractivity contribution is 0.166. The first-order valence-electron chi connectivity index (χ1n) is 6.04. The van der Waals surface area contributed by atoms with Gasteiger partial charge in [0.2, 0.25) is 0 Å². The Labute approximate surface area is 97.3 Å². The zero-order chi connectivity index (χ0) is 10.9. The molecule has 2 nitrogen and oxygen atoms in total. The van der Waals surface area contributed by atoms with Crippen LogP contribution in [0.1, 0.15) is 40.0 Å². The third-order valence-corrected chi connectivity index (χ3v) is 5.14. The molecule has 1 heterocycles. The van der Waals surface area contributed by atoms with Crippen LogP contribution in [-0.4, -0.2) is 23.5 Å². The van der Waals surface area contributed by atoms with Gasteiger partial charge in [-0.2, -0.15) is 0 Å². The predicted molar refractivity (Wildman–Crippen MR) is 68.5 cm³/mol. The molecule has 15 heavy (non-hydrogen) atoms. The molecule has 1 aliphatic carbocycles. The average Bonchev–Trinajstić information content (AvgIpc) is 2.60. The lowest BCUT2D eigenvalue weighted by Gasteiger charge is -2.38. The number of nitrogens with one attached hydrogen (secondary N) is 1. The van der Waals surface area contributed by atoms with E-state index < -0.39 is 0 Å². The van der Waals surface area contributed by atoms with Crippen LogP contribution in [0.2, 0.25) is 0 Å². The Kier molecular flexibility index (Phi) is 3.29. The quantitative estimate of drug-likeness (QED) is 0.800. The van der Waals surface area contributed by atoms with Gasteiger partial charge in [-0.15, -0.1) is 0 Å². The summed E-state index contributed by atoms with van der Waals surface area (Å²) in [5.41, 5.74) is 0.555. The molecular formula is C12H22N2S. The van der Waals surface area contributed by atoms with Gasteiger partial charge in [-0.1, -0.05) is 39.0 Å². The maximum absolute atomic E-state index is 4.57. The summed E-state index contributed by atoms with van der Waals surface area (Å²) in [6.07, 6.45) is 4.17. The maximum atomic E-state index is 4.57. The van der Waals surface area contributed by atoms with E-state index in [9.17, 15) is 0 Å². The molecule has 1 saturated carbocycles. The number of thioether (sulfide) groups is 1. The third-order valence-electron chi connectivity index (χ3n) is 3.65. The van der Waals surface area contributed by atoms with Crippen molar-refractivity contribution in [3.8, 4) is 0 Å². The summed E-state index contributed by atoms with van der Waals surface area (Å²) in [6, 6.07) is 0. The van der Waals surface area contributed by atoms with Crippen LogP contribution in [0.4, 0.5) is 0 Å². The third kappa shape index (κ3) is 2.68. The molecule has 1 fully saturated rings. The van der Waals surface area contributed by atoms with E-state index in [1.807, 2.05) is 11.8 Å². The Bertz CT molecular complexity index is 256. The highest BCUT2D eigenvalue weighted by Gasteiger charge is 2.32. The average molecular weight is 226 g/mol. The molecule has 1 atom stereocenters. The van der Waals surface area contributed by atoms with Gasteiger partial charge in [0.15, 0.2) is 5.17 Å². The molecule has 1 aliphatic heterocycles. The molecule has 1 unspecified atom stereocenters. The van der Waals surface area contributed by atoms with E-state index in [0.717, 1.165) is 19.0 Å². The van der Waals surface area contributed by atoms with Gasteiger partial charge in [-0.25, -0.2) is 0 Å². The molecule has 0 aromatic heterocycles. The standard InChI is InChI=1S/C12H22N2S/c1-9(2)10-7-13-11(15-10)14-8-12(3)5-4-6-12/h9-10H,4-8H2,1-3H3,(H,13,14). The number of aliphatic imine (C=N–C) groups is 1. The summed E-state index contributed by atoms with van der Waals surface area (Å²) in [5.74, 6) is 0.734. The minimum absolute atomic E-state index is 0.555. The van der Waals surface area contributed by atoms with Gasteiger partial charge >= 0.3 is 0 Å². The number of hydrogen-bond acceptors (Lipinski definition) is 3. The molecule has 0 bridgehead atoms. The maximum Gasteiger partial charge on any atom is 0.156 e. The van der Waals surface area contributed by atoms with Crippen LogP contribution in [0.3, 0.4) is 0 Å². The highest BCUT2D eigenvalue weighted by molar-refractivity contribution is 8.14. The topological polar surface area (TPSA) is 24.4 Å². The second-order valence-corrected chi connectivity index (χ2v) is 6.79. The summed E-state index contributed by atoms with van der Waals surface area (Å²) < 4.78 is 0.